The molecule has 0 amide bonds. The van der Waals surface area contributed by atoms with Crippen LogP contribution in [0.4, 0.5) is 17.1 Å². The fourth-order valence-electron chi connectivity index (χ4n) is 10.3. The summed E-state index contributed by atoms with van der Waals surface area (Å²) in [6, 6.07) is 72.5. The summed E-state index contributed by atoms with van der Waals surface area (Å²) < 4.78 is 13.7. The molecule has 0 radical (unpaired) electrons. The van der Waals surface area contributed by atoms with Crippen molar-refractivity contribution in [2.24, 2.45) is 0 Å². The van der Waals surface area contributed by atoms with Crippen molar-refractivity contribution in [1.29, 1.82) is 0 Å². The Kier molecular flexibility index (Phi) is 6.37. The zero-order valence-electron chi connectivity index (χ0n) is 31.3. The number of hydrogen-bond acceptors (Lipinski definition) is 3. The van der Waals surface area contributed by atoms with E-state index >= 15 is 0 Å². The van der Waals surface area contributed by atoms with Gasteiger partial charge in [-0.2, -0.15) is 0 Å². The van der Waals surface area contributed by atoms with Gasteiger partial charge in [-0.25, -0.2) is 0 Å². The van der Waals surface area contributed by atoms with E-state index in [2.05, 4.69) is 199 Å². The first-order valence-electron chi connectivity index (χ1n) is 19.9. The zero-order chi connectivity index (χ0) is 38.0. The zero-order valence-corrected chi connectivity index (χ0v) is 31.3. The van der Waals surface area contributed by atoms with E-state index in [9.17, 15) is 0 Å². The lowest BCUT2D eigenvalue weighted by Crippen LogP contribution is -2.32. The van der Waals surface area contributed by atoms with Crippen LogP contribution < -0.4 is 9.64 Å². The number of hydrogen-bond donors (Lipinski definition) is 0. The SMILES string of the molecule is c1ccc2c(c1)Oc1ccc(N(c3ccc4c(ccc5ccccc54)c3)c3cccc4ccc5c6ccccc6oc5c34)cc1C21c2ccccc2-c2ccccc21. The standard InChI is InChI=1S/C55H33NO2/c1-2-14-39-34(12-1)24-25-36-32-37(27-30-40(36)39)56(49-21-11-13-35-26-29-44-43-17-5-9-22-50(43)58-54(44)53(35)49)38-28-31-52-48(33-38)55(47-20-8-10-23-51(47)57-52)45-18-6-3-15-41(45)42-16-4-7-19-46(42)55/h1-33H. The third-order valence-corrected chi connectivity index (χ3v) is 12.7. The van der Waals surface area contributed by atoms with Gasteiger partial charge in [-0.3, -0.25) is 0 Å². The first kappa shape index (κ1) is 31.6. The van der Waals surface area contributed by atoms with E-state index in [1.165, 1.54) is 43.8 Å². The van der Waals surface area contributed by atoms with Crippen molar-refractivity contribution in [3.63, 3.8) is 0 Å². The Morgan fingerprint density at radius 2 is 0.983 bits per heavy atom. The van der Waals surface area contributed by atoms with Gasteiger partial charge >= 0.3 is 0 Å². The van der Waals surface area contributed by atoms with Gasteiger partial charge in [0.1, 0.15) is 22.7 Å². The van der Waals surface area contributed by atoms with Crippen LogP contribution in [0.2, 0.25) is 0 Å². The number of fused-ring (bicyclic) bond motifs is 17. The maximum absolute atomic E-state index is 6.87. The van der Waals surface area contributed by atoms with Gasteiger partial charge in [0.2, 0.25) is 0 Å². The summed E-state index contributed by atoms with van der Waals surface area (Å²) >= 11 is 0. The highest BCUT2D eigenvalue weighted by atomic mass is 16.5. The van der Waals surface area contributed by atoms with Gasteiger partial charge in [-0.15, -0.1) is 0 Å². The summed E-state index contributed by atoms with van der Waals surface area (Å²) in [6.07, 6.45) is 0. The van der Waals surface area contributed by atoms with Gasteiger partial charge in [-0.05, 0) is 104 Å². The Hall–Kier alpha value is -7.62. The number of ether oxygens (including phenoxy) is 1. The second-order valence-corrected chi connectivity index (χ2v) is 15.6. The Bertz CT molecular complexity index is 3480. The Morgan fingerprint density at radius 3 is 1.84 bits per heavy atom. The summed E-state index contributed by atoms with van der Waals surface area (Å²) in [5.74, 6) is 1.74. The summed E-state index contributed by atoms with van der Waals surface area (Å²) in [4.78, 5) is 2.42. The van der Waals surface area contributed by atoms with Crippen molar-refractivity contribution < 1.29 is 9.15 Å². The van der Waals surface area contributed by atoms with Gasteiger partial charge in [0.25, 0.3) is 0 Å². The molecule has 270 valence electrons. The minimum Gasteiger partial charge on any atom is -0.457 e. The molecule has 0 saturated heterocycles. The minimum atomic E-state index is -0.591. The number of para-hydroxylation sites is 2. The molecule has 1 aliphatic heterocycles. The molecule has 11 aromatic rings. The molecule has 2 aliphatic rings. The van der Waals surface area contributed by atoms with Crippen molar-refractivity contribution in [2.45, 2.75) is 5.41 Å². The highest BCUT2D eigenvalue weighted by Gasteiger charge is 2.51. The lowest BCUT2D eigenvalue weighted by molar-refractivity contribution is 0.436. The quantitative estimate of drug-likeness (QED) is 0.169. The fraction of sp³-hybridized carbons (Fsp3) is 0.0182. The molecule has 13 rings (SSSR count). The van der Waals surface area contributed by atoms with Crippen LogP contribution >= 0.6 is 0 Å². The van der Waals surface area contributed by atoms with Gasteiger partial charge in [0.05, 0.1) is 11.1 Å². The van der Waals surface area contributed by atoms with Crippen LogP contribution in [0.1, 0.15) is 22.3 Å². The predicted octanol–water partition coefficient (Wildman–Crippen LogP) is 15.0. The minimum absolute atomic E-state index is 0.591. The van der Waals surface area contributed by atoms with E-state index in [4.69, 9.17) is 9.15 Å². The number of anilines is 3. The van der Waals surface area contributed by atoms with Gasteiger partial charge in [0.15, 0.2) is 0 Å². The highest BCUT2D eigenvalue weighted by molar-refractivity contribution is 6.19. The van der Waals surface area contributed by atoms with Crippen LogP contribution in [-0.2, 0) is 5.41 Å². The largest absolute Gasteiger partial charge is 0.457 e. The van der Waals surface area contributed by atoms with E-state index in [1.807, 2.05) is 6.07 Å². The van der Waals surface area contributed by atoms with E-state index in [0.29, 0.717) is 0 Å². The lowest BCUT2D eigenvalue weighted by Gasteiger charge is -2.40. The average molecular weight is 740 g/mol. The second-order valence-electron chi connectivity index (χ2n) is 15.6. The average Bonchev–Trinajstić information content (AvgIpc) is 3.81. The van der Waals surface area contributed by atoms with Gasteiger partial charge in [0, 0.05) is 38.7 Å². The molecule has 1 spiro atoms. The molecule has 0 fully saturated rings. The van der Waals surface area contributed by atoms with Crippen molar-refractivity contribution >= 4 is 71.3 Å². The normalized spacial score (nSPS) is 13.4. The molecule has 0 saturated carbocycles. The van der Waals surface area contributed by atoms with Crippen LogP contribution in [-0.4, -0.2) is 0 Å². The molecule has 0 bridgehead atoms. The molecule has 3 heteroatoms. The van der Waals surface area contributed by atoms with Crippen molar-refractivity contribution in [1.82, 2.24) is 0 Å². The van der Waals surface area contributed by atoms with Gasteiger partial charge in [-0.1, -0.05) is 146 Å². The number of furan rings is 1. The van der Waals surface area contributed by atoms with Gasteiger partial charge < -0.3 is 14.1 Å². The van der Waals surface area contributed by atoms with Crippen LogP contribution in [0.15, 0.2) is 205 Å². The smallest absolute Gasteiger partial charge is 0.145 e. The molecule has 0 atom stereocenters. The molecule has 2 heterocycles. The third-order valence-electron chi connectivity index (χ3n) is 12.7. The van der Waals surface area contributed by atoms with Crippen LogP contribution in [0.5, 0.6) is 11.5 Å². The summed E-state index contributed by atoms with van der Waals surface area (Å²) in [7, 11) is 0. The number of rotatable bonds is 3. The molecule has 1 aliphatic carbocycles. The molecule has 0 unspecified atom stereocenters. The maximum atomic E-state index is 6.87. The molecule has 3 nitrogen and oxygen atoms in total. The summed E-state index contributed by atoms with van der Waals surface area (Å²) in [6.45, 7) is 0. The van der Waals surface area contributed by atoms with E-state index in [0.717, 1.165) is 72.4 Å². The molecular weight excluding hydrogens is 707 g/mol. The second kappa shape index (κ2) is 11.7. The van der Waals surface area contributed by atoms with Crippen molar-refractivity contribution in [3.05, 3.63) is 222 Å². The van der Waals surface area contributed by atoms with E-state index < -0.39 is 5.41 Å². The van der Waals surface area contributed by atoms with E-state index in [-0.39, 0.29) is 0 Å². The van der Waals surface area contributed by atoms with Crippen LogP contribution in [0, 0.1) is 0 Å². The molecule has 0 N–H and O–H groups in total. The Labute approximate surface area is 334 Å². The van der Waals surface area contributed by atoms with Crippen molar-refractivity contribution in [2.75, 3.05) is 4.90 Å². The van der Waals surface area contributed by atoms with E-state index in [1.54, 1.807) is 0 Å². The fourth-order valence-corrected chi connectivity index (χ4v) is 10.3. The van der Waals surface area contributed by atoms with Crippen LogP contribution in [0.3, 0.4) is 0 Å². The molecule has 1 aromatic heterocycles. The topological polar surface area (TPSA) is 25.6 Å². The van der Waals surface area contributed by atoms with Crippen LogP contribution in [0.25, 0.3) is 65.4 Å². The first-order valence-corrected chi connectivity index (χ1v) is 19.9. The number of nitrogens with zero attached hydrogens (tertiary/aromatic N) is 1. The summed E-state index contributed by atoms with van der Waals surface area (Å²) in [5.41, 5.74) is 11.6. The maximum Gasteiger partial charge on any atom is 0.145 e. The monoisotopic (exact) mass is 739 g/mol. The highest BCUT2D eigenvalue weighted by Crippen LogP contribution is 2.62. The predicted molar refractivity (Wildman–Crippen MR) is 238 cm³/mol. The third kappa shape index (κ3) is 4.17. The summed E-state index contributed by atoms with van der Waals surface area (Å²) in [5, 5.41) is 9.30. The Balaban J connectivity index is 1.13. The molecule has 58 heavy (non-hydrogen) atoms. The van der Waals surface area contributed by atoms with Crippen molar-refractivity contribution in [3.8, 4) is 22.6 Å². The first-order chi connectivity index (χ1) is 28.8. The molecular formula is C55H33NO2. The number of benzene rings is 10. The Morgan fingerprint density at radius 1 is 0.379 bits per heavy atom. The molecule has 10 aromatic carbocycles. The lowest BCUT2D eigenvalue weighted by atomic mass is 9.66.